The zero-order valence-electron chi connectivity index (χ0n) is 6.36. The number of carbonyl (C=O) groups excluding carboxylic acids is 2. The van der Waals surface area contributed by atoms with Crippen molar-refractivity contribution in [3.63, 3.8) is 0 Å². The van der Waals surface area contributed by atoms with E-state index in [0.29, 0.717) is 12.8 Å². The van der Waals surface area contributed by atoms with Crippen molar-refractivity contribution in [3.8, 4) is 0 Å². The summed E-state index contributed by atoms with van der Waals surface area (Å²) in [5, 5.41) is 2.14. The largest absolute Gasteiger partial charge is 1.00 e. The third kappa shape index (κ3) is 9.53. The Labute approximate surface area is 78.9 Å². The van der Waals surface area contributed by atoms with Crippen LogP contribution in [0.4, 0.5) is 13.2 Å². The number of nitrogens with one attached hydrogen (secondary N) is 1. The van der Waals surface area contributed by atoms with E-state index in [1.165, 1.54) is 0 Å². The van der Waals surface area contributed by atoms with Gasteiger partial charge in [-0.2, -0.15) is 0 Å². The van der Waals surface area contributed by atoms with Gasteiger partial charge in [0.05, 0.1) is 0 Å². The molecule has 64 valence electrons. The van der Waals surface area contributed by atoms with Crippen LogP contribution in [0.3, 0.4) is 0 Å². The van der Waals surface area contributed by atoms with Crippen molar-refractivity contribution in [2.75, 3.05) is 0 Å². The third-order valence-corrected chi connectivity index (χ3v) is 0.858. The topological polar surface area (TPSA) is 46.2 Å². The van der Waals surface area contributed by atoms with E-state index < -0.39 is 6.68 Å². The van der Waals surface area contributed by atoms with E-state index in [9.17, 15) is 22.8 Å². The first-order valence-corrected chi connectivity index (χ1v) is 2.68. The van der Waals surface area contributed by atoms with Gasteiger partial charge in [-0.05, 0) is 0 Å². The minimum atomic E-state index is -3.08. The van der Waals surface area contributed by atoms with Gasteiger partial charge < -0.3 is 13.2 Å². The minimum Gasteiger partial charge on any atom is -0.385 e. The maximum atomic E-state index is 10.1. The summed E-state index contributed by atoms with van der Waals surface area (Å²) in [7, 11) is 0. The van der Waals surface area contributed by atoms with Crippen molar-refractivity contribution < 1.29 is 41.6 Å². The number of amides is 2. The van der Waals surface area contributed by atoms with E-state index >= 15 is 0 Å². The fourth-order valence-corrected chi connectivity index (χ4v) is 0.508. The number of carbonyl (C=O) groups is 2. The van der Waals surface area contributed by atoms with Crippen LogP contribution in [0.2, 0.25) is 0 Å². The summed E-state index contributed by atoms with van der Waals surface area (Å²) in [5.74, 6) is -0.296. The maximum Gasteiger partial charge on any atom is 1.00 e. The number of hydrogen-bond acceptors (Lipinski definition) is 2. The van der Waals surface area contributed by atoms with E-state index in [2.05, 4.69) is 5.32 Å². The van der Waals surface area contributed by atoms with Gasteiger partial charge in [-0.1, -0.05) is 0 Å². The van der Waals surface area contributed by atoms with E-state index in [0.717, 1.165) is 0 Å². The summed E-state index contributed by atoms with van der Waals surface area (Å²) >= 11 is 0. The molecule has 0 aliphatic carbocycles. The Morgan fingerprint density at radius 1 is 1.08 bits per heavy atom. The van der Waals surface area contributed by atoms with E-state index in [-0.39, 0.29) is 30.7 Å². The van der Waals surface area contributed by atoms with Crippen molar-refractivity contribution in [3.05, 3.63) is 6.68 Å². The van der Waals surface area contributed by atoms with E-state index in [1.807, 2.05) is 0 Å². The summed E-state index contributed by atoms with van der Waals surface area (Å²) < 4.78 is 28.8. The molecule has 1 aliphatic heterocycles. The summed E-state index contributed by atoms with van der Waals surface area (Å²) in [5.41, 5.74) is 0. The SMILES string of the molecule is F[C-](F)F.O=C1CCC(=O)N1.[Li+]. The van der Waals surface area contributed by atoms with Crippen LogP contribution >= 0.6 is 0 Å². The molecule has 1 rings (SSSR count). The average Bonchev–Trinajstić information content (AvgIpc) is 2.13. The first kappa shape index (κ1) is 14.1. The van der Waals surface area contributed by atoms with Gasteiger partial charge >= 0.3 is 18.9 Å². The fourth-order valence-electron chi connectivity index (χ4n) is 0.508. The predicted molar refractivity (Wildman–Crippen MR) is 29.0 cm³/mol. The predicted octanol–water partition coefficient (Wildman–Crippen LogP) is -2.23. The molecule has 1 N–H and O–H groups in total. The van der Waals surface area contributed by atoms with Gasteiger partial charge in [0.1, 0.15) is 0 Å². The zero-order chi connectivity index (χ0) is 8.85. The van der Waals surface area contributed by atoms with Gasteiger partial charge in [0.15, 0.2) is 6.68 Å². The van der Waals surface area contributed by atoms with Crippen LogP contribution in [0.5, 0.6) is 0 Å². The zero-order valence-corrected chi connectivity index (χ0v) is 6.36. The van der Waals surface area contributed by atoms with Crippen molar-refractivity contribution in [2.24, 2.45) is 0 Å². The van der Waals surface area contributed by atoms with Crippen molar-refractivity contribution in [1.29, 1.82) is 0 Å². The van der Waals surface area contributed by atoms with Gasteiger partial charge in [-0.25, -0.2) is 0 Å². The molecule has 3 nitrogen and oxygen atoms in total. The molecule has 2 amide bonds. The molecule has 0 unspecified atom stereocenters. The molecule has 0 radical (unpaired) electrons. The second-order valence-corrected chi connectivity index (χ2v) is 1.69. The van der Waals surface area contributed by atoms with E-state index in [1.54, 1.807) is 0 Å². The fraction of sp³-hybridized carbons (Fsp3) is 0.400. The summed E-state index contributed by atoms with van der Waals surface area (Å²) in [6.45, 7) is -3.08. The van der Waals surface area contributed by atoms with Crippen molar-refractivity contribution in [1.82, 2.24) is 5.32 Å². The Bertz CT molecular complexity index is 148. The third-order valence-electron chi connectivity index (χ3n) is 0.858. The Balaban J connectivity index is 0. The van der Waals surface area contributed by atoms with Gasteiger partial charge in [-0.3, -0.25) is 14.9 Å². The Morgan fingerprint density at radius 2 is 1.33 bits per heavy atom. The Kier molecular flexibility index (Phi) is 8.43. The number of rotatable bonds is 0. The Hall–Kier alpha value is -0.473. The van der Waals surface area contributed by atoms with Crippen molar-refractivity contribution in [2.45, 2.75) is 12.8 Å². The molecule has 1 saturated heterocycles. The molecule has 0 aromatic carbocycles. The van der Waals surface area contributed by atoms with Gasteiger partial charge in [0.25, 0.3) is 0 Å². The molecule has 0 aromatic heterocycles. The first-order valence-electron chi connectivity index (χ1n) is 2.68. The molecule has 0 bridgehead atoms. The van der Waals surface area contributed by atoms with Crippen LogP contribution in [0.15, 0.2) is 0 Å². The normalized spacial score (nSPS) is 14.7. The van der Waals surface area contributed by atoms with Crippen LogP contribution in [0, 0.1) is 6.68 Å². The van der Waals surface area contributed by atoms with Crippen molar-refractivity contribution >= 4 is 11.8 Å². The molecule has 0 atom stereocenters. The minimum absolute atomic E-state index is 0. The monoisotopic (exact) mass is 175 g/mol. The molecule has 1 fully saturated rings. The molecule has 7 heteroatoms. The van der Waals surface area contributed by atoms with Crippen LogP contribution in [0.1, 0.15) is 12.8 Å². The first-order chi connectivity index (χ1) is 5.02. The molecule has 12 heavy (non-hydrogen) atoms. The standard InChI is InChI=1S/C4H5NO2.CF3.Li/c6-3-1-2-4(7)5-3;2-1(3)4;/h1-2H2,(H,5,6,7);;/q;-1;+1. The van der Waals surface area contributed by atoms with Crippen LogP contribution < -0.4 is 24.2 Å². The second kappa shape index (κ2) is 7.19. The molecule has 0 spiro atoms. The summed E-state index contributed by atoms with van der Waals surface area (Å²) in [6, 6.07) is 0. The number of imide groups is 1. The summed E-state index contributed by atoms with van der Waals surface area (Å²) in [4.78, 5) is 20.2. The molecule has 0 saturated carbocycles. The molecular weight excluding hydrogens is 170 g/mol. The van der Waals surface area contributed by atoms with Gasteiger partial charge in [0.2, 0.25) is 11.8 Å². The molecule has 1 heterocycles. The average molecular weight is 175 g/mol. The number of halogens is 3. The molecule has 1 aliphatic rings. The number of hydrogen-bond donors (Lipinski definition) is 1. The molecule has 0 aromatic rings. The Morgan fingerprint density at radius 3 is 1.42 bits per heavy atom. The quantitative estimate of drug-likeness (QED) is 0.257. The van der Waals surface area contributed by atoms with Gasteiger partial charge in [0, 0.05) is 12.8 Å². The maximum absolute atomic E-state index is 10.1. The smallest absolute Gasteiger partial charge is 0.385 e. The second-order valence-electron chi connectivity index (χ2n) is 1.69. The van der Waals surface area contributed by atoms with E-state index in [4.69, 9.17) is 0 Å². The van der Waals surface area contributed by atoms with Gasteiger partial charge in [-0.15, -0.1) is 0 Å². The van der Waals surface area contributed by atoms with Crippen LogP contribution in [0.25, 0.3) is 0 Å². The molecular formula is C5H5F3LiNO2. The summed E-state index contributed by atoms with van der Waals surface area (Å²) in [6.07, 6.45) is 0.748. The van der Waals surface area contributed by atoms with Crippen LogP contribution in [-0.4, -0.2) is 11.8 Å². The van der Waals surface area contributed by atoms with Crippen LogP contribution in [-0.2, 0) is 9.59 Å².